The minimum atomic E-state index is -0.408. The molecule has 1 unspecified atom stereocenters. The summed E-state index contributed by atoms with van der Waals surface area (Å²) >= 11 is 11.1. The number of fused-ring (bicyclic) bond motifs is 1. The monoisotopic (exact) mass is 1110 g/mol. The highest BCUT2D eigenvalue weighted by atomic mass is 35.5. The number of furan rings is 1. The predicted molar refractivity (Wildman–Crippen MR) is 309 cm³/mol. The lowest BCUT2D eigenvalue weighted by Crippen LogP contribution is -2.45. The van der Waals surface area contributed by atoms with Crippen LogP contribution in [0.25, 0.3) is 11.0 Å². The van der Waals surface area contributed by atoms with Crippen LogP contribution >= 0.6 is 23.2 Å². The number of carbonyl (C=O) groups is 1. The average molecular weight is 1120 g/mol. The van der Waals surface area contributed by atoms with E-state index < -0.39 is 5.56 Å². The third-order valence-electron chi connectivity index (χ3n) is 11.4. The van der Waals surface area contributed by atoms with E-state index in [0.717, 1.165) is 107 Å². The van der Waals surface area contributed by atoms with Gasteiger partial charge in [-0.15, -0.1) is 0 Å². The number of nitrogens with zero attached hydrogens (tertiary/aromatic N) is 10. The number of hydrogen-bond acceptors (Lipinski definition) is 19. The summed E-state index contributed by atoms with van der Waals surface area (Å²) in [6, 6.07) is 13.8. The average Bonchev–Trinajstić information content (AvgIpc) is 4.33. The van der Waals surface area contributed by atoms with E-state index in [1.807, 2.05) is 54.2 Å². The van der Waals surface area contributed by atoms with Crippen LogP contribution in [0.15, 0.2) is 100 Å². The highest BCUT2D eigenvalue weighted by Gasteiger charge is 2.19. The van der Waals surface area contributed by atoms with Gasteiger partial charge >= 0.3 is 0 Å². The first-order valence-corrected chi connectivity index (χ1v) is 27.0. The number of halogens is 2. The minimum absolute atomic E-state index is 0.00736. The molecule has 3 aliphatic heterocycles. The lowest BCUT2D eigenvalue weighted by atomic mass is 10.2. The molecule has 0 bridgehead atoms. The van der Waals surface area contributed by atoms with Crippen LogP contribution < -0.4 is 67.6 Å². The van der Waals surface area contributed by atoms with Crippen molar-refractivity contribution in [2.45, 2.75) is 70.6 Å². The van der Waals surface area contributed by atoms with E-state index in [9.17, 15) is 14.4 Å². The molecule has 6 aromatic rings. The number of piperazine rings is 1. The molecule has 3 fully saturated rings. The van der Waals surface area contributed by atoms with Gasteiger partial charge in [0.05, 0.1) is 30.6 Å². The van der Waals surface area contributed by atoms with Crippen LogP contribution in [-0.2, 0) is 44.3 Å². The molecule has 1 aromatic carbocycles. The van der Waals surface area contributed by atoms with Crippen molar-refractivity contribution in [1.29, 1.82) is 0 Å². The summed E-state index contributed by atoms with van der Waals surface area (Å²) < 4.78 is 12.0. The molecule has 18 N–H and O–H groups in total. The number of nitrogens with one attached hydrogen (secondary N) is 2. The van der Waals surface area contributed by atoms with Crippen molar-refractivity contribution in [3.05, 3.63) is 128 Å². The molecule has 430 valence electrons. The van der Waals surface area contributed by atoms with E-state index >= 15 is 0 Å². The molecular formula is C51H88Cl2N20O4. The van der Waals surface area contributed by atoms with Gasteiger partial charge in [0.2, 0.25) is 5.91 Å². The fraction of sp³-hybridized carbons (Fsp3) is 0.549. The largest absolute Gasteiger partial charge is 0.461 e. The van der Waals surface area contributed by atoms with Crippen LogP contribution in [0, 0.1) is 0 Å². The molecule has 9 rings (SSSR count). The highest BCUT2D eigenvalue weighted by Crippen LogP contribution is 2.18. The Kier molecular flexibility index (Phi) is 37.4. The van der Waals surface area contributed by atoms with Crippen molar-refractivity contribution < 1.29 is 9.21 Å². The Balaban J connectivity index is 0.000000302. The Morgan fingerprint density at radius 2 is 1.38 bits per heavy atom. The van der Waals surface area contributed by atoms with Gasteiger partial charge in [-0.3, -0.25) is 24.0 Å². The van der Waals surface area contributed by atoms with Crippen molar-refractivity contribution >= 4 is 40.1 Å². The van der Waals surface area contributed by atoms with Crippen molar-refractivity contribution in [2.75, 3.05) is 105 Å². The Morgan fingerprint density at radius 3 is 1.91 bits per heavy atom. The molecule has 1 atom stereocenters. The molecule has 77 heavy (non-hydrogen) atoms. The number of carbonyl (C=O) groups excluding carboxylic acids is 1. The number of aromatic nitrogens is 8. The summed E-state index contributed by atoms with van der Waals surface area (Å²) in [5.41, 5.74) is 44.1. The molecule has 0 aliphatic carbocycles. The van der Waals surface area contributed by atoms with E-state index in [4.69, 9.17) is 73.5 Å². The first-order valence-electron chi connectivity index (χ1n) is 26.2. The summed E-state index contributed by atoms with van der Waals surface area (Å²) in [4.78, 5) is 49.1. The second-order valence-electron chi connectivity index (χ2n) is 17.5. The lowest BCUT2D eigenvalue weighted by molar-refractivity contribution is -0.119. The topological polar surface area (TPSA) is 374 Å². The van der Waals surface area contributed by atoms with Crippen LogP contribution in [0.3, 0.4) is 0 Å². The van der Waals surface area contributed by atoms with Gasteiger partial charge in [0.15, 0.2) is 0 Å². The SMILES string of the molecule is Cn1ccc(=O)n1CCN.NCCC1CCC(=O)N1.NCCN1CCCC1.NCCN1CCNCC1.NCCc1cc2ccccc2o1.NCCc1ccncn1.NCCn1ccnc1.NCCn1ncc(Cl)c(Cl)c1=O. The van der Waals surface area contributed by atoms with Crippen molar-refractivity contribution in [3.8, 4) is 0 Å². The maximum Gasteiger partial charge on any atom is 0.287 e. The van der Waals surface area contributed by atoms with E-state index in [0.29, 0.717) is 64.8 Å². The summed E-state index contributed by atoms with van der Waals surface area (Å²) in [6.07, 6.45) is 18.7. The van der Waals surface area contributed by atoms with E-state index in [2.05, 4.69) is 40.5 Å². The van der Waals surface area contributed by atoms with Crippen LogP contribution in [-0.4, -0.2) is 165 Å². The van der Waals surface area contributed by atoms with Crippen LogP contribution in [0.2, 0.25) is 10.0 Å². The quantitative estimate of drug-likeness (QED) is 0.0605. The Morgan fingerprint density at radius 1 is 0.714 bits per heavy atom. The summed E-state index contributed by atoms with van der Waals surface area (Å²) in [5, 5.41) is 11.2. The molecule has 0 spiro atoms. The summed E-state index contributed by atoms with van der Waals surface area (Å²) in [5.74, 6) is 1.15. The van der Waals surface area contributed by atoms with Gasteiger partial charge in [-0.05, 0) is 76.6 Å². The molecule has 26 heteroatoms. The third-order valence-corrected chi connectivity index (χ3v) is 12.2. The Labute approximate surface area is 463 Å². The normalized spacial score (nSPS) is 14.7. The molecule has 0 saturated carbocycles. The number of imidazole rings is 1. The summed E-state index contributed by atoms with van der Waals surface area (Å²) in [6.45, 7) is 16.2. The first kappa shape index (κ1) is 67.7. The molecule has 24 nitrogen and oxygen atoms in total. The van der Waals surface area contributed by atoms with Gasteiger partial charge in [-0.1, -0.05) is 41.4 Å². The van der Waals surface area contributed by atoms with Crippen molar-refractivity contribution in [1.82, 2.24) is 59.1 Å². The molecule has 1 amide bonds. The number of rotatable bonds is 16. The van der Waals surface area contributed by atoms with Gasteiger partial charge in [0.1, 0.15) is 22.7 Å². The second-order valence-corrected chi connectivity index (χ2v) is 18.3. The molecule has 0 radical (unpaired) electrons. The van der Waals surface area contributed by atoms with Gasteiger partial charge in [0.25, 0.3) is 11.1 Å². The third kappa shape index (κ3) is 29.2. The van der Waals surface area contributed by atoms with Crippen molar-refractivity contribution in [2.24, 2.45) is 52.9 Å². The van der Waals surface area contributed by atoms with E-state index in [1.165, 1.54) is 49.2 Å². The lowest BCUT2D eigenvalue weighted by Gasteiger charge is -2.26. The minimum Gasteiger partial charge on any atom is -0.461 e. The number of aryl methyl sites for hydroxylation is 1. The van der Waals surface area contributed by atoms with Crippen LogP contribution in [0.1, 0.15) is 43.6 Å². The Hall–Kier alpha value is -5.45. The number of hydrogen-bond donors (Lipinski definition) is 10. The fourth-order valence-electron chi connectivity index (χ4n) is 7.50. The van der Waals surface area contributed by atoms with Gasteiger partial charge in [0, 0.05) is 153 Å². The maximum atomic E-state index is 11.2. The number of likely N-dealkylation sites (tertiary alicyclic amines) is 1. The zero-order chi connectivity index (χ0) is 56.5. The van der Waals surface area contributed by atoms with E-state index in [-0.39, 0.29) is 21.5 Å². The summed E-state index contributed by atoms with van der Waals surface area (Å²) in [7, 11) is 1.82. The van der Waals surface area contributed by atoms with Gasteiger partial charge in [-0.2, -0.15) is 5.10 Å². The van der Waals surface area contributed by atoms with Gasteiger partial charge < -0.3 is 70.4 Å². The molecule has 3 saturated heterocycles. The molecule has 5 aromatic heterocycles. The smallest absolute Gasteiger partial charge is 0.287 e. The molecule has 8 heterocycles. The zero-order valence-corrected chi connectivity index (χ0v) is 46.5. The zero-order valence-electron chi connectivity index (χ0n) is 45.0. The molecular weight excluding hydrogens is 1030 g/mol. The number of para-hydroxylation sites is 1. The second kappa shape index (κ2) is 42.6. The standard InChI is InChI=1S/C10H11NO.C6H7Cl2N3O.C6H11N3O.C6H15N3.C6H9N3.C6H12N2O.C6H14N2.C5H9N3/c11-6-5-9-7-8-3-1-2-4-10(8)12-9;7-4-3-10-11(2-1-9)6(12)5(4)8;1-8-4-2-6(10)9(8)5-3-7;7-1-4-9-5-2-8-3-6-9;7-3-1-6-2-4-8-5-9-6;7-4-3-5-1-2-6(9)8-5;7-3-6-8-4-1-2-5-8;6-1-3-8-4-2-7-5-8/h1-4,7H,5-6,11H2;3H,1-2,9H2;2,4H,3,5,7H2,1H3;8H,1-7H2;2,4-5H,1,3,7H2;5H,1-4,7H2,(H,8,9);1-7H2;2,4-5H,1,3,6H2. The fourth-order valence-corrected chi connectivity index (χ4v) is 7.77. The number of amides is 1. The number of benzene rings is 1. The first-order chi connectivity index (χ1) is 37.4. The van der Waals surface area contributed by atoms with Crippen LogP contribution in [0.4, 0.5) is 0 Å². The van der Waals surface area contributed by atoms with Crippen molar-refractivity contribution in [3.63, 3.8) is 0 Å². The Bertz CT molecular complexity index is 2460. The number of nitrogens with two attached hydrogens (primary N) is 8. The maximum absolute atomic E-state index is 11.2. The van der Waals surface area contributed by atoms with E-state index in [1.54, 1.807) is 34.3 Å². The highest BCUT2D eigenvalue weighted by molar-refractivity contribution is 6.41. The predicted octanol–water partition coefficient (Wildman–Crippen LogP) is -0.0871. The molecule has 3 aliphatic rings. The van der Waals surface area contributed by atoms with Gasteiger partial charge in [-0.25, -0.2) is 24.3 Å². The van der Waals surface area contributed by atoms with Crippen LogP contribution in [0.5, 0.6) is 0 Å².